The Morgan fingerprint density at radius 1 is 1.25 bits per heavy atom. The lowest BCUT2D eigenvalue weighted by molar-refractivity contribution is -0.146. The van der Waals surface area contributed by atoms with Crippen molar-refractivity contribution in [2.24, 2.45) is 5.92 Å². The molecule has 2 atom stereocenters. The molecular formula is C14H20O2. The van der Waals surface area contributed by atoms with Crippen molar-refractivity contribution in [1.29, 1.82) is 0 Å². The van der Waals surface area contributed by atoms with Crippen LogP contribution in [0.4, 0.5) is 0 Å². The van der Waals surface area contributed by atoms with Crippen molar-refractivity contribution in [1.82, 2.24) is 0 Å². The quantitative estimate of drug-likeness (QED) is 0.711. The van der Waals surface area contributed by atoms with Crippen LogP contribution in [0.3, 0.4) is 0 Å². The highest BCUT2D eigenvalue weighted by Gasteiger charge is 2.26. The Kier molecular flexibility index (Phi) is 5.03. The van der Waals surface area contributed by atoms with Crippen LogP contribution in [0.15, 0.2) is 30.3 Å². The largest absolute Gasteiger partial charge is 0.466 e. The molecule has 0 aromatic heterocycles. The molecule has 0 N–H and O–H groups in total. The third-order valence-electron chi connectivity index (χ3n) is 2.91. The lowest BCUT2D eigenvalue weighted by atomic mass is 9.86. The van der Waals surface area contributed by atoms with Crippen molar-refractivity contribution in [3.8, 4) is 0 Å². The molecule has 0 bridgehead atoms. The monoisotopic (exact) mass is 220 g/mol. The van der Waals surface area contributed by atoms with Gasteiger partial charge >= 0.3 is 5.97 Å². The van der Waals surface area contributed by atoms with Gasteiger partial charge in [-0.25, -0.2) is 0 Å². The van der Waals surface area contributed by atoms with Crippen LogP contribution in [0.2, 0.25) is 0 Å². The van der Waals surface area contributed by atoms with Crippen molar-refractivity contribution >= 4 is 5.97 Å². The van der Waals surface area contributed by atoms with E-state index in [1.807, 2.05) is 37.3 Å². The standard InChI is InChI=1S/C14H20O2/c1-4-11(3)13(14(15)16-5-2)12-9-7-6-8-10-12/h6-11,13H,4-5H2,1-3H3. The number of hydrogen-bond acceptors (Lipinski definition) is 2. The molecule has 0 aliphatic carbocycles. The molecule has 1 rings (SSSR count). The molecule has 0 amide bonds. The van der Waals surface area contributed by atoms with Crippen LogP contribution in [-0.2, 0) is 9.53 Å². The average molecular weight is 220 g/mol. The van der Waals surface area contributed by atoms with Crippen LogP contribution in [0.5, 0.6) is 0 Å². The van der Waals surface area contributed by atoms with Gasteiger partial charge in [0.05, 0.1) is 12.5 Å². The van der Waals surface area contributed by atoms with E-state index in [-0.39, 0.29) is 11.9 Å². The van der Waals surface area contributed by atoms with E-state index >= 15 is 0 Å². The second kappa shape index (κ2) is 6.31. The number of benzene rings is 1. The van der Waals surface area contributed by atoms with Crippen molar-refractivity contribution in [3.05, 3.63) is 35.9 Å². The van der Waals surface area contributed by atoms with E-state index < -0.39 is 0 Å². The predicted octanol–water partition coefficient (Wildman–Crippen LogP) is 3.38. The minimum Gasteiger partial charge on any atom is -0.466 e. The summed E-state index contributed by atoms with van der Waals surface area (Å²) in [6.45, 7) is 6.48. The lowest BCUT2D eigenvalue weighted by Gasteiger charge is -2.21. The molecule has 0 aliphatic heterocycles. The first-order chi connectivity index (χ1) is 7.70. The van der Waals surface area contributed by atoms with E-state index in [0.717, 1.165) is 12.0 Å². The van der Waals surface area contributed by atoms with Gasteiger partial charge in [-0.05, 0) is 18.4 Å². The maximum atomic E-state index is 11.9. The van der Waals surface area contributed by atoms with Crippen molar-refractivity contribution in [2.75, 3.05) is 6.61 Å². The zero-order chi connectivity index (χ0) is 12.0. The fraction of sp³-hybridized carbons (Fsp3) is 0.500. The Hall–Kier alpha value is -1.31. The number of hydrogen-bond donors (Lipinski definition) is 0. The molecule has 1 aromatic carbocycles. The number of carbonyl (C=O) groups excluding carboxylic acids is 1. The molecule has 0 fully saturated rings. The van der Waals surface area contributed by atoms with Gasteiger partial charge in [-0.3, -0.25) is 4.79 Å². The summed E-state index contributed by atoms with van der Waals surface area (Å²) in [6, 6.07) is 9.87. The summed E-state index contributed by atoms with van der Waals surface area (Å²) in [4.78, 5) is 11.9. The van der Waals surface area contributed by atoms with Gasteiger partial charge in [-0.2, -0.15) is 0 Å². The van der Waals surface area contributed by atoms with Crippen LogP contribution in [0.25, 0.3) is 0 Å². The number of esters is 1. The number of ether oxygens (including phenoxy) is 1. The Labute approximate surface area is 97.6 Å². The van der Waals surface area contributed by atoms with E-state index in [2.05, 4.69) is 13.8 Å². The maximum Gasteiger partial charge on any atom is 0.313 e. The Balaban J connectivity index is 2.92. The second-order valence-electron chi connectivity index (χ2n) is 4.03. The fourth-order valence-electron chi connectivity index (χ4n) is 1.83. The van der Waals surface area contributed by atoms with Gasteiger partial charge in [0.15, 0.2) is 0 Å². The molecule has 0 spiro atoms. The van der Waals surface area contributed by atoms with Gasteiger partial charge in [0, 0.05) is 0 Å². The summed E-state index contributed by atoms with van der Waals surface area (Å²) < 4.78 is 5.14. The molecule has 0 saturated carbocycles. The van der Waals surface area contributed by atoms with Crippen molar-refractivity contribution in [3.63, 3.8) is 0 Å². The lowest BCUT2D eigenvalue weighted by Crippen LogP contribution is -2.22. The molecule has 16 heavy (non-hydrogen) atoms. The minimum absolute atomic E-state index is 0.108. The smallest absolute Gasteiger partial charge is 0.313 e. The predicted molar refractivity (Wildman–Crippen MR) is 65.3 cm³/mol. The molecule has 1 aromatic rings. The van der Waals surface area contributed by atoms with Crippen LogP contribution in [0, 0.1) is 5.92 Å². The van der Waals surface area contributed by atoms with E-state index in [1.54, 1.807) is 0 Å². The molecule has 0 radical (unpaired) electrons. The van der Waals surface area contributed by atoms with Crippen LogP contribution >= 0.6 is 0 Å². The normalized spacial score (nSPS) is 14.2. The highest BCUT2D eigenvalue weighted by molar-refractivity contribution is 5.78. The van der Waals surface area contributed by atoms with Gasteiger partial charge < -0.3 is 4.74 Å². The number of rotatable bonds is 5. The molecule has 2 nitrogen and oxygen atoms in total. The molecule has 88 valence electrons. The molecular weight excluding hydrogens is 200 g/mol. The van der Waals surface area contributed by atoms with Crippen LogP contribution < -0.4 is 0 Å². The van der Waals surface area contributed by atoms with Crippen molar-refractivity contribution < 1.29 is 9.53 Å². The Morgan fingerprint density at radius 3 is 2.38 bits per heavy atom. The minimum atomic E-state index is -0.133. The van der Waals surface area contributed by atoms with Crippen LogP contribution in [-0.4, -0.2) is 12.6 Å². The summed E-state index contributed by atoms with van der Waals surface area (Å²) >= 11 is 0. The average Bonchev–Trinajstić information content (AvgIpc) is 2.31. The first-order valence-corrected chi connectivity index (χ1v) is 5.92. The van der Waals surface area contributed by atoms with Crippen LogP contribution in [0.1, 0.15) is 38.7 Å². The molecule has 2 heteroatoms. The summed E-state index contributed by atoms with van der Waals surface area (Å²) in [6.07, 6.45) is 0.971. The summed E-state index contributed by atoms with van der Waals surface area (Å²) in [5.74, 6) is 0.0654. The summed E-state index contributed by atoms with van der Waals surface area (Å²) in [7, 11) is 0. The van der Waals surface area contributed by atoms with E-state index in [4.69, 9.17) is 4.74 Å². The Bertz CT molecular complexity index is 319. The first kappa shape index (κ1) is 12.8. The summed E-state index contributed by atoms with van der Waals surface area (Å²) in [5.41, 5.74) is 1.05. The van der Waals surface area contributed by atoms with E-state index in [0.29, 0.717) is 12.5 Å². The SMILES string of the molecule is CCOC(=O)C(c1ccccc1)C(C)CC. The molecule has 0 saturated heterocycles. The second-order valence-corrected chi connectivity index (χ2v) is 4.03. The maximum absolute atomic E-state index is 11.9. The third kappa shape index (κ3) is 3.09. The van der Waals surface area contributed by atoms with Gasteiger partial charge in [-0.1, -0.05) is 50.6 Å². The first-order valence-electron chi connectivity index (χ1n) is 5.92. The van der Waals surface area contributed by atoms with Gasteiger partial charge in [0.2, 0.25) is 0 Å². The van der Waals surface area contributed by atoms with Gasteiger partial charge in [0.1, 0.15) is 0 Å². The topological polar surface area (TPSA) is 26.3 Å². The van der Waals surface area contributed by atoms with Gasteiger partial charge in [0.25, 0.3) is 0 Å². The zero-order valence-electron chi connectivity index (χ0n) is 10.3. The highest BCUT2D eigenvalue weighted by atomic mass is 16.5. The molecule has 0 aliphatic rings. The van der Waals surface area contributed by atoms with E-state index in [1.165, 1.54) is 0 Å². The summed E-state index contributed by atoms with van der Waals surface area (Å²) in [5, 5.41) is 0. The molecule has 0 heterocycles. The Morgan fingerprint density at radius 2 is 1.88 bits per heavy atom. The fourth-order valence-corrected chi connectivity index (χ4v) is 1.83. The third-order valence-corrected chi connectivity index (χ3v) is 2.91. The number of carbonyl (C=O) groups is 1. The molecule has 2 unspecified atom stereocenters. The van der Waals surface area contributed by atoms with E-state index in [9.17, 15) is 4.79 Å². The van der Waals surface area contributed by atoms with Crippen molar-refractivity contribution in [2.45, 2.75) is 33.1 Å². The van der Waals surface area contributed by atoms with Gasteiger partial charge in [-0.15, -0.1) is 0 Å². The zero-order valence-corrected chi connectivity index (χ0v) is 10.3. The highest BCUT2D eigenvalue weighted by Crippen LogP contribution is 2.28.